The van der Waals surface area contributed by atoms with E-state index in [0.717, 1.165) is 22.8 Å². The van der Waals surface area contributed by atoms with Crippen molar-refractivity contribution in [3.05, 3.63) is 18.1 Å². The van der Waals surface area contributed by atoms with Gasteiger partial charge in [0.05, 0.1) is 6.26 Å². The Morgan fingerprint density at radius 2 is 2.26 bits per heavy atom. The predicted molar refractivity (Wildman–Crippen MR) is 77.7 cm³/mol. The highest BCUT2D eigenvalue weighted by Gasteiger charge is 2.34. The van der Waals surface area contributed by atoms with Crippen LogP contribution in [0.2, 0.25) is 0 Å². The van der Waals surface area contributed by atoms with Crippen molar-refractivity contribution in [2.45, 2.75) is 50.5 Å². The molecule has 19 heavy (non-hydrogen) atoms. The molecule has 4 nitrogen and oxygen atoms in total. The fraction of sp³-hybridized carbons (Fsp3) is 0.643. The number of hydrogen-bond donors (Lipinski definition) is 2. The molecule has 2 N–H and O–H groups in total. The molecule has 1 unspecified atom stereocenters. The van der Waals surface area contributed by atoms with Gasteiger partial charge in [-0.3, -0.25) is 4.79 Å². The van der Waals surface area contributed by atoms with Crippen LogP contribution in [-0.4, -0.2) is 28.9 Å². The molecule has 0 aliphatic heterocycles. The van der Waals surface area contributed by atoms with Crippen molar-refractivity contribution in [3.63, 3.8) is 0 Å². The largest absolute Gasteiger partial charge is 0.480 e. The first-order valence-corrected chi connectivity index (χ1v) is 7.69. The predicted octanol–water partition coefficient (Wildman–Crippen LogP) is 3.30. The van der Waals surface area contributed by atoms with E-state index in [1.807, 2.05) is 26.8 Å². The number of carboxylic acids is 1. The van der Waals surface area contributed by atoms with E-state index in [2.05, 4.69) is 5.32 Å². The zero-order chi connectivity index (χ0) is 14.3. The average Bonchev–Trinajstić information content (AvgIpc) is 2.78. The lowest BCUT2D eigenvalue weighted by atomic mass is 9.91. The van der Waals surface area contributed by atoms with Crippen molar-refractivity contribution < 1.29 is 14.3 Å². The summed E-state index contributed by atoms with van der Waals surface area (Å²) in [4.78, 5) is 12.6. The summed E-state index contributed by atoms with van der Waals surface area (Å²) in [5, 5.41) is 12.5. The van der Waals surface area contributed by atoms with E-state index in [1.54, 1.807) is 18.0 Å². The standard InChI is InChI=1S/C14H23NO3S/c1-4-14(13(16)17,15-5-2)8-6-10-19-12-7-9-18-11(12)3/h7,9,15H,4-6,8,10H2,1-3H3,(H,16,17). The average molecular weight is 285 g/mol. The first-order valence-electron chi connectivity index (χ1n) is 6.71. The van der Waals surface area contributed by atoms with Gasteiger partial charge in [-0.15, -0.1) is 11.8 Å². The van der Waals surface area contributed by atoms with Gasteiger partial charge in [0, 0.05) is 4.90 Å². The summed E-state index contributed by atoms with van der Waals surface area (Å²) in [5.74, 6) is 1.08. The highest BCUT2D eigenvalue weighted by molar-refractivity contribution is 7.99. The molecule has 1 aromatic heterocycles. The molecule has 5 heteroatoms. The molecule has 0 aliphatic carbocycles. The molecule has 108 valence electrons. The van der Waals surface area contributed by atoms with Gasteiger partial charge in [-0.05, 0) is 44.6 Å². The van der Waals surface area contributed by atoms with Gasteiger partial charge in [0.2, 0.25) is 0 Å². The van der Waals surface area contributed by atoms with Crippen LogP contribution in [-0.2, 0) is 4.79 Å². The smallest absolute Gasteiger partial charge is 0.323 e. The van der Waals surface area contributed by atoms with Crippen molar-refractivity contribution in [1.29, 1.82) is 0 Å². The van der Waals surface area contributed by atoms with Crippen LogP contribution in [0.5, 0.6) is 0 Å². The minimum Gasteiger partial charge on any atom is -0.480 e. The first kappa shape index (κ1) is 16.1. The number of aryl methyl sites for hydroxylation is 1. The maximum Gasteiger partial charge on any atom is 0.323 e. The highest BCUT2D eigenvalue weighted by atomic mass is 32.2. The third-order valence-corrected chi connectivity index (χ3v) is 4.57. The molecule has 0 bridgehead atoms. The van der Waals surface area contributed by atoms with Crippen LogP contribution in [0.3, 0.4) is 0 Å². The molecule has 0 amide bonds. The number of carboxylic acid groups (broad SMARTS) is 1. The van der Waals surface area contributed by atoms with Crippen LogP contribution < -0.4 is 5.32 Å². The van der Waals surface area contributed by atoms with Crippen LogP contribution in [0.25, 0.3) is 0 Å². The van der Waals surface area contributed by atoms with Crippen molar-refractivity contribution in [1.82, 2.24) is 5.32 Å². The number of hydrogen-bond acceptors (Lipinski definition) is 4. The molecule has 1 heterocycles. The van der Waals surface area contributed by atoms with Gasteiger partial charge in [0.15, 0.2) is 0 Å². The molecule has 0 saturated carbocycles. The molecule has 1 aromatic rings. The van der Waals surface area contributed by atoms with Crippen LogP contribution in [0.4, 0.5) is 0 Å². The molecule has 0 saturated heterocycles. The monoisotopic (exact) mass is 285 g/mol. The Bertz CT molecular complexity index is 405. The third kappa shape index (κ3) is 4.28. The van der Waals surface area contributed by atoms with Crippen LogP contribution in [0, 0.1) is 6.92 Å². The van der Waals surface area contributed by atoms with Crippen molar-refractivity contribution in [2.24, 2.45) is 0 Å². The summed E-state index contributed by atoms with van der Waals surface area (Å²) >= 11 is 1.72. The van der Waals surface area contributed by atoms with Crippen molar-refractivity contribution in [3.8, 4) is 0 Å². The van der Waals surface area contributed by atoms with E-state index in [0.29, 0.717) is 19.4 Å². The second-order valence-electron chi connectivity index (χ2n) is 4.56. The van der Waals surface area contributed by atoms with Gasteiger partial charge in [-0.2, -0.15) is 0 Å². The summed E-state index contributed by atoms with van der Waals surface area (Å²) in [5.41, 5.74) is -0.777. The number of furan rings is 1. The molecular weight excluding hydrogens is 262 g/mol. The molecule has 0 radical (unpaired) electrons. The van der Waals surface area contributed by atoms with E-state index in [4.69, 9.17) is 4.42 Å². The maximum atomic E-state index is 11.4. The fourth-order valence-corrected chi connectivity index (χ4v) is 3.05. The van der Waals surface area contributed by atoms with Gasteiger partial charge < -0.3 is 14.8 Å². The summed E-state index contributed by atoms with van der Waals surface area (Å²) in [6, 6.07) is 1.95. The Labute approximate surface area is 119 Å². The minimum absolute atomic E-state index is 0.603. The van der Waals surface area contributed by atoms with Crippen LogP contribution in [0.15, 0.2) is 21.6 Å². The van der Waals surface area contributed by atoms with E-state index in [9.17, 15) is 9.90 Å². The summed E-state index contributed by atoms with van der Waals surface area (Å²) in [6.07, 6.45) is 3.80. The summed E-state index contributed by atoms with van der Waals surface area (Å²) in [6.45, 7) is 6.48. The zero-order valence-electron chi connectivity index (χ0n) is 11.9. The maximum absolute atomic E-state index is 11.4. The third-order valence-electron chi connectivity index (χ3n) is 3.34. The number of carbonyl (C=O) groups is 1. The summed E-state index contributed by atoms with van der Waals surface area (Å²) < 4.78 is 5.23. The number of thioether (sulfide) groups is 1. The van der Waals surface area contributed by atoms with Gasteiger partial charge in [-0.1, -0.05) is 13.8 Å². The van der Waals surface area contributed by atoms with Gasteiger partial charge in [0.25, 0.3) is 0 Å². The Balaban J connectivity index is 2.44. The lowest BCUT2D eigenvalue weighted by Gasteiger charge is -2.29. The molecule has 0 spiro atoms. The second-order valence-corrected chi connectivity index (χ2v) is 5.70. The molecule has 1 rings (SSSR count). The topological polar surface area (TPSA) is 62.5 Å². The first-order chi connectivity index (χ1) is 9.05. The molecule has 0 aliphatic rings. The Hall–Kier alpha value is -0.940. The lowest BCUT2D eigenvalue weighted by molar-refractivity contribution is -0.145. The number of likely N-dealkylation sites (N-methyl/N-ethyl adjacent to an activating group) is 1. The Morgan fingerprint density at radius 1 is 1.53 bits per heavy atom. The Kier molecular flexibility index (Phi) is 6.45. The van der Waals surface area contributed by atoms with Crippen LogP contribution >= 0.6 is 11.8 Å². The molecular formula is C14H23NO3S. The van der Waals surface area contributed by atoms with Crippen molar-refractivity contribution >= 4 is 17.7 Å². The minimum atomic E-state index is -0.777. The second kappa shape index (κ2) is 7.60. The Morgan fingerprint density at radius 3 is 2.74 bits per heavy atom. The van der Waals surface area contributed by atoms with Gasteiger partial charge in [0.1, 0.15) is 11.3 Å². The van der Waals surface area contributed by atoms with E-state index < -0.39 is 11.5 Å². The quantitative estimate of drug-likeness (QED) is 0.538. The van der Waals surface area contributed by atoms with Gasteiger partial charge >= 0.3 is 5.97 Å². The lowest BCUT2D eigenvalue weighted by Crippen LogP contribution is -2.51. The van der Waals surface area contributed by atoms with E-state index in [1.165, 1.54) is 0 Å². The molecule has 0 fully saturated rings. The summed E-state index contributed by atoms with van der Waals surface area (Å²) in [7, 11) is 0. The van der Waals surface area contributed by atoms with Gasteiger partial charge in [-0.25, -0.2) is 0 Å². The highest BCUT2D eigenvalue weighted by Crippen LogP contribution is 2.26. The number of rotatable bonds is 9. The van der Waals surface area contributed by atoms with Crippen molar-refractivity contribution in [2.75, 3.05) is 12.3 Å². The zero-order valence-corrected chi connectivity index (χ0v) is 12.7. The SMILES string of the molecule is CCNC(CC)(CCCSc1ccoc1C)C(=O)O. The molecule has 0 aromatic carbocycles. The van der Waals surface area contributed by atoms with Crippen LogP contribution in [0.1, 0.15) is 38.9 Å². The normalized spacial score (nSPS) is 14.3. The number of aliphatic carboxylic acids is 1. The molecule has 1 atom stereocenters. The van der Waals surface area contributed by atoms with E-state index >= 15 is 0 Å². The van der Waals surface area contributed by atoms with E-state index in [-0.39, 0.29) is 0 Å². The fourth-order valence-electron chi connectivity index (χ4n) is 2.14. The number of nitrogens with one attached hydrogen (secondary N) is 1.